The Labute approximate surface area is 106 Å². The number of anilines is 1. The zero-order valence-electron chi connectivity index (χ0n) is 9.94. The molecular formula is C12H14N2O3S. The molecule has 2 atom stereocenters. The normalized spacial score (nSPS) is 25.6. The molecule has 1 aliphatic heterocycles. The van der Waals surface area contributed by atoms with E-state index in [1.165, 1.54) is 0 Å². The van der Waals surface area contributed by atoms with Gasteiger partial charge in [0, 0.05) is 7.05 Å². The van der Waals surface area contributed by atoms with E-state index in [0.717, 1.165) is 0 Å². The second-order valence-electron chi connectivity index (χ2n) is 4.45. The average molecular weight is 266 g/mol. The van der Waals surface area contributed by atoms with E-state index in [1.807, 2.05) is 0 Å². The minimum absolute atomic E-state index is 0.0789. The van der Waals surface area contributed by atoms with Crippen molar-refractivity contribution in [1.29, 1.82) is 5.26 Å². The van der Waals surface area contributed by atoms with Gasteiger partial charge in [-0.15, -0.1) is 0 Å². The highest BCUT2D eigenvalue weighted by Crippen LogP contribution is 2.25. The summed E-state index contributed by atoms with van der Waals surface area (Å²) in [5, 5.41) is 18.8. The molecule has 0 bridgehead atoms. The highest BCUT2D eigenvalue weighted by molar-refractivity contribution is 7.91. The van der Waals surface area contributed by atoms with Crippen molar-refractivity contribution in [3.63, 3.8) is 0 Å². The van der Waals surface area contributed by atoms with E-state index in [1.54, 1.807) is 36.2 Å². The lowest BCUT2D eigenvalue weighted by atomic mass is 10.1. The molecule has 1 fully saturated rings. The van der Waals surface area contributed by atoms with Gasteiger partial charge in [-0.25, -0.2) is 8.42 Å². The first-order valence-corrected chi connectivity index (χ1v) is 7.37. The van der Waals surface area contributed by atoms with Gasteiger partial charge in [-0.2, -0.15) is 5.26 Å². The Morgan fingerprint density at radius 1 is 1.39 bits per heavy atom. The van der Waals surface area contributed by atoms with E-state index in [2.05, 4.69) is 6.07 Å². The van der Waals surface area contributed by atoms with E-state index in [4.69, 9.17) is 5.26 Å². The summed E-state index contributed by atoms with van der Waals surface area (Å²) < 4.78 is 23.0. The molecule has 5 nitrogen and oxygen atoms in total. The molecule has 1 heterocycles. The molecule has 0 aliphatic carbocycles. The lowest BCUT2D eigenvalue weighted by Gasteiger charge is -2.28. The number of rotatable bonds is 2. The zero-order chi connectivity index (χ0) is 13.3. The number of sulfone groups is 1. The Kier molecular flexibility index (Phi) is 3.28. The fourth-order valence-electron chi connectivity index (χ4n) is 2.23. The SMILES string of the molecule is CN(c1ccccc1C#N)C1CS(=O)(=O)CC1O. The number of aliphatic hydroxyl groups is 1. The summed E-state index contributed by atoms with van der Waals surface area (Å²) in [6.07, 6.45) is -0.910. The molecule has 2 rings (SSSR count). The summed E-state index contributed by atoms with van der Waals surface area (Å²) in [6, 6.07) is 8.51. The first-order chi connectivity index (χ1) is 8.44. The highest BCUT2D eigenvalue weighted by atomic mass is 32.2. The van der Waals surface area contributed by atoms with Gasteiger partial charge in [-0.05, 0) is 12.1 Å². The Morgan fingerprint density at radius 2 is 2.06 bits per heavy atom. The molecule has 0 amide bonds. The molecule has 1 N–H and O–H groups in total. The smallest absolute Gasteiger partial charge is 0.155 e. The highest BCUT2D eigenvalue weighted by Gasteiger charge is 2.39. The van der Waals surface area contributed by atoms with Crippen molar-refractivity contribution >= 4 is 15.5 Å². The summed E-state index contributed by atoms with van der Waals surface area (Å²) in [6.45, 7) is 0. The number of para-hydroxylation sites is 1. The third-order valence-corrected chi connectivity index (χ3v) is 4.89. The Balaban J connectivity index is 2.33. The fourth-order valence-corrected chi connectivity index (χ4v) is 4.08. The number of nitriles is 1. The lowest BCUT2D eigenvalue weighted by Crippen LogP contribution is -2.41. The molecule has 0 saturated carbocycles. The van der Waals surface area contributed by atoms with Crippen LogP contribution < -0.4 is 4.90 Å². The van der Waals surface area contributed by atoms with Crippen LogP contribution in [-0.4, -0.2) is 44.2 Å². The third-order valence-electron chi connectivity index (χ3n) is 3.20. The molecule has 0 radical (unpaired) electrons. The second kappa shape index (κ2) is 4.59. The maximum Gasteiger partial charge on any atom is 0.155 e. The van der Waals surface area contributed by atoms with Gasteiger partial charge in [0.1, 0.15) is 6.07 Å². The van der Waals surface area contributed by atoms with Gasteiger partial charge in [0.2, 0.25) is 0 Å². The van der Waals surface area contributed by atoms with Crippen LogP contribution in [0.3, 0.4) is 0 Å². The quantitative estimate of drug-likeness (QED) is 0.824. The molecule has 0 aromatic heterocycles. The zero-order valence-corrected chi connectivity index (χ0v) is 10.8. The van der Waals surface area contributed by atoms with Crippen LogP contribution in [0.1, 0.15) is 5.56 Å². The Hall–Kier alpha value is -1.58. The van der Waals surface area contributed by atoms with Gasteiger partial charge in [0.15, 0.2) is 9.84 Å². The van der Waals surface area contributed by atoms with Crippen LogP contribution >= 0.6 is 0 Å². The van der Waals surface area contributed by atoms with Crippen LogP contribution in [0.5, 0.6) is 0 Å². The standard InChI is InChI=1S/C12H14N2O3S/c1-14(10-5-3-2-4-9(10)6-13)11-7-18(16,17)8-12(11)15/h2-5,11-12,15H,7-8H2,1H3. The van der Waals surface area contributed by atoms with Crippen LogP contribution in [0.2, 0.25) is 0 Å². The monoisotopic (exact) mass is 266 g/mol. The average Bonchev–Trinajstić information content (AvgIpc) is 2.62. The van der Waals surface area contributed by atoms with E-state index >= 15 is 0 Å². The van der Waals surface area contributed by atoms with Crippen LogP contribution in [0, 0.1) is 11.3 Å². The summed E-state index contributed by atoms with van der Waals surface area (Å²) in [4.78, 5) is 1.67. The number of nitrogens with zero attached hydrogens (tertiary/aromatic N) is 2. The molecule has 1 saturated heterocycles. The largest absolute Gasteiger partial charge is 0.390 e. The Bertz CT molecular complexity index is 592. The maximum absolute atomic E-state index is 11.5. The van der Waals surface area contributed by atoms with Gasteiger partial charge >= 0.3 is 0 Å². The second-order valence-corrected chi connectivity index (χ2v) is 6.61. The van der Waals surface area contributed by atoms with Crippen molar-refractivity contribution in [2.75, 3.05) is 23.5 Å². The van der Waals surface area contributed by atoms with Gasteiger partial charge in [-0.1, -0.05) is 12.1 Å². The van der Waals surface area contributed by atoms with E-state index in [9.17, 15) is 13.5 Å². The Morgan fingerprint density at radius 3 is 2.61 bits per heavy atom. The summed E-state index contributed by atoms with van der Waals surface area (Å²) >= 11 is 0. The molecule has 6 heteroatoms. The first kappa shape index (κ1) is 12.9. The molecule has 1 aromatic rings. The van der Waals surface area contributed by atoms with Gasteiger partial charge in [0.25, 0.3) is 0 Å². The predicted octanol–water partition coefficient (Wildman–Crippen LogP) is 0.152. The lowest BCUT2D eigenvalue weighted by molar-refractivity contribution is 0.180. The van der Waals surface area contributed by atoms with Crippen molar-refractivity contribution < 1.29 is 13.5 Å². The minimum Gasteiger partial charge on any atom is -0.390 e. The molecule has 96 valence electrons. The number of aliphatic hydroxyl groups excluding tert-OH is 1. The van der Waals surface area contributed by atoms with Crippen LogP contribution in [0.4, 0.5) is 5.69 Å². The molecule has 2 unspecified atom stereocenters. The van der Waals surface area contributed by atoms with Crippen LogP contribution in [0.25, 0.3) is 0 Å². The van der Waals surface area contributed by atoms with Crippen molar-refractivity contribution in [3.05, 3.63) is 29.8 Å². The predicted molar refractivity (Wildman–Crippen MR) is 68.0 cm³/mol. The maximum atomic E-state index is 11.5. The van der Waals surface area contributed by atoms with Gasteiger partial charge < -0.3 is 10.0 Å². The molecule has 18 heavy (non-hydrogen) atoms. The van der Waals surface area contributed by atoms with Crippen molar-refractivity contribution in [1.82, 2.24) is 0 Å². The molecule has 1 aromatic carbocycles. The third kappa shape index (κ3) is 2.33. The number of benzene rings is 1. The van der Waals surface area contributed by atoms with Crippen LogP contribution in [0.15, 0.2) is 24.3 Å². The van der Waals surface area contributed by atoms with Crippen LogP contribution in [-0.2, 0) is 9.84 Å². The number of hydrogen-bond acceptors (Lipinski definition) is 5. The minimum atomic E-state index is -3.19. The summed E-state index contributed by atoms with van der Waals surface area (Å²) in [5.74, 6) is -0.291. The van der Waals surface area contributed by atoms with E-state index in [-0.39, 0.29) is 11.5 Å². The number of likely N-dealkylation sites (N-methyl/N-ethyl adjacent to an activating group) is 1. The van der Waals surface area contributed by atoms with Crippen molar-refractivity contribution in [2.45, 2.75) is 12.1 Å². The summed E-state index contributed by atoms with van der Waals surface area (Å²) in [5.41, 5.74) is 1.11. The summed E-state index contributed by atoms with van der Waals surface area (Å²) in [7, 11) is -1.49. The van der Waals surface area contributed by atoms with Crippen molar-refractivity contribution in [2.24, 2.45) is 0 Å². The van der Waals surface area contributed by atoms with Gasteiger partial charge in [0.05, 0.1) is 34.9 Å². The molecular weight excluding hydrogens is 252 g/mol. The number of hydrogen-bond donors (Lipinski definition) is 1. The van der Waals surface area contributed by atoms with E-state index in [0.29, 0.717) is 11.3 Å². The fraction of sp³-hybridized carbons (Fsp3) is 0.417. The topological polar surface area (TPSA) is 81.4 Å². The van der Waals surface area contributed by atoms with E-state index < -0.39 is 22.0 Å². The first-order valence-electron chi connectivity index (χ1n) is 5.55. The van der Waals surface area contributed by atoms with Crippen molar-refractivity contribution in [3.8, 4) is 6.07 Å². The molecule has 1 aliphatic rings. The molecule has 0 spiro atoms. The van der Waals surface area contributed by atoms with Gasteiger partial charge in [-0.3, -0.25) is 0 Å².